The van der Waals surface area contributed by atoms with Crippen LogP contribution in [0.2, 0.25) is 10.0 Å². The highest BCUT2D eigenvalue weighted by Gasteiger charge is 2.10. The van der Waals surface area contributed by atoms with Crippen molar-refractivity contribution in [3.05, 3.63) is 93.5 Å². The number of methoxy groups -OCH3 is 1. The molecule has 0 aliphatic heterocycles. The maximum atomic E-state index is 12.3. The van der Waals surface area contributed by atoms with E-state index in [1.807, 2.05) is 6.92 Å². The molecule has 0 heterocycles. The Morgan fingerprint density at radius 1 is 0.971 bits per heavy atom. The van der Waals surface area contributed by atoms with Crippen molar-refractivity contribution >= 4 is 46.8 Å². The van der Waals surface area contributed by atoms with E-state index in [2.05, 4.69) is 5.32 Å². The van der Waals surface area contributed by atoms with Gasteiger partial charge in [0.1, 0.15) is 6.61 Å². The van der Waals surface area contributed by atoms with E-state index in [4.69, 9.17) is 37.4 Å². The Kier molecular flexibility index (Phi) is 9.58. The molecule has 3 aromatic rings. The molecule has 0 aliphatic rings. The van der Waals surface area contributed by atoms with Crippen LogP contribution < -0.4 is 14.8 Å². The van der Waals surface area contributed by atoms with E-state index in [9.17, 15) is 9.59 Å². The number of amides is 1. The Morgan fingerprint density at radius 2 is 1.69 bits per heavy atom. The molecule has 0 fully saturated rings. The first-order chi connectivity index (χ1) is 16.9. The maximum absolute atomic E-state index is 12.3. The summed E-state index contributed by atoms with van der Waals surface area (Å²) in [5.41, 5.74) is 2.42. The van der Waals surface area contributed by atoms with Crippen molar-refractivity contribution in [2.24, 2.45) is 0 Å². The minimum Gasteiger partial charge on any atom is -0.493 e. The first-order valence-corrected chi connectivity index (χ1v) is 11.7. The predicted octanol–water partition coefficient (Wildman–Crippen LogP) is 6.80. The molecule has 0 saturated carbocycles. The van der Waals surface area contributed by atoms with Gasteiger partial charge in [-0.3, -0.25) is 4.79 Å². The van der Waals surface area contributed by atoms with Gasteiger partial charge < -0.3 is 19.5 Å². The average molecular weight is 514 g/mol. The Balaban J connectivity index is 1.60. The fourth-order valence-electron chi connectivity index (χ4n) is 3.05. The van der Waals surface area contributed by atoms with Crippen LogP contribution in [0.1, 0.15) is 34.8 Å². The summed E-state index contributed by atoms with van der Waals surface area (Å²) in [7, 11) is 1.53. The SMILES string of the molecule is CCCOC(=O)c1ccc(NC(=O)C=Cc2ccc(OCc3c(Cl)cccc3Cl)c(OC)c2)cc1. The summed E-state index contributed by atoms with van der Waals surface area (Å²) in [6.45, 7) is 2.48. The molecular weight excluding hydrogens is 489 g/mol. The van der Waals surface area contributed by atoms with E-state index in [1.165, 1.54) is 13.2 Å². The molecule has 0 aromatic heterocycles. The van der Waals surface area contributed by atoms with Crippen LogP contribution in [0, 0.1) is 0 Å². The van der Waals surface area contributed by atoms with Crippen molar-refractivity contribution < 1.29 is 23.8 Å². The summed E-state index contributed by atoms with van der Waals surface area (Å²) < 4.78 is 16.4. The molecule has 3 rings (SSSR count). The molecule has 35 heavy (non-hydrogen) atoms. The largest absolute Gasteiger partial charge is 0.493 e. The number of anilines is 1. The van der Waals surface area contributed by atoms with Gasteiger partial charge in [0.25, 0.3) is 0 Å². The zero-order valence-electron chi connectivity index (χ0n) is 19.3. The standard InChI is InChI=1S/C27H25Cl2NO5/c1-3-15-34-27(32)19-9-11-20(12-10-19)30-26(31)14-8-18-7-13-24(25(16-18)33-2)35-17-21-22(28)5-4-6-23(21)29/h4-14,16H,3,15,17H2,1-2H3,(H,30,31). The smallest absolute Gasteiger partial charge is 0.338 e. The Morgan fingerprint density at radius 3 is 2.34 bits per heavy atom. The highest BCUT2D eigenvalue weighted by atomic mass is 35.5. The van der Waals surface area contributed by atoms with Gasteiger partial charge in [0.2, 0.25) is 5.91 Å². The number of ether oxygens (including phenoxy) is 3. The van der Waals surface area contributed by atoms with E-state index in [0.29, 0.717) is 45.0 Å². The van der Waals surface area contributed by atoms with E-state index in [-0.39, 0.29) is 18.5 Å². The lowest BCUT2D eigenvalue weighted by molar-refractivity contribution is -0.111. The molecule has 182 valence electrons. The summed E-state index contributed by atoms with van der Waals surface area (Å²) in [5.74, 6) is 0.309. The van der Waals surface area contributed by atoms with E-state index >= 15 is 0 Å². The molecule has 1 amide bonds. The molecule has 1 N–H and O–H groups in total. The van der Waals surface area contributed by atoms with Gasteiger partial charge in [-0.25, -0.2) is 4.79 Å². The van der Waals surface area contributed by atoms with Crippen molar-refractivity contribution in [1.82, 2.24) is 0 Å². The van der Waals surface area contributed by atoms with Crippen LogP contribution in [0.25, 0.3) is 6.08 Å². The van der Waals surface area contributed by atoms with Crippen LogP contribution in [-0.2, 0) is 16.1 Å². The fourth-order valence-corrected chi connectivity index (χ4v) is 3.56. The van der Waals surface area contributed by atoms with Gasteiger partial charge in [0.05, 0.1) is 19.3 Å². The number of nitrogens with one attached hydrogen (secondary N) is 1. The normalized spacial score (nSPS) is 10.7. The number of carbonyl (C=O) groups excluding carboxylic acids is 2. The zero-order chi connectivity index (χ0) is 25.2. The summed E-state index contributed by atoms with van der Waals surface area (Å²) in [6.07, 6.45) is 3.82. The fraction of sp³-hybridized carbons (Fsp3) is 0.185. The topological polar surface area (TPSA) is 73.9 Å². The lowest BCUT2D eigenvalue weighted by atomic mass is 10.1. The minimum absolute atomic E-state index is 0.182. The third kappa shape index (κ3) is 7.50. The molecule has 0 atom stereocenters. The zero-order valence-corrected chi connectivity index (χ0v) is 20.9. The maximum Gasteiger partial charge on any atom is 0.338 e. The van der Waals surface area contributed by atoms with Crippen molar-refractivity contribution in [2.45, 2.75) is 20.0 Å². The Labute approximate surface area is 214 Å². The monoisotopic (exact) mass is 513 g/mol. The predicted molar refractivity (Wildman–Crippen MR) is 138 cm³/mol. The Bertz CT molecular complexity index is 1190. The Hall–Kier alpha value is -3.48. The third-order valence-corrected chi connectivity index (χ3v) is 5.58. The second-order valence-electron chi connectivity index (χ2n) is 7.44. The number of hydrogen-bond acceptors (Lipinski definition) is 5. The van der Waals surface area contributed by atoms with Crippen molar-refractivity contribution in [2.75, 3.05) is 19.0 Å². The second kappa shape index (κ2) is 12.8. The molecule has 0 radical (unpaired) electrons. The molecule has 3 aromatic carbocycles. The lowest BCUT2D eigenvalue weighted by Crippen LogP contribution is -2.09. The van der Waals surface area contributed by atoms with Crippen molar-refractivity contribution in [3.63, 3.8) is 0 Å². The molecule has 8 heteroatoms. The van der Waals surface area contributed by atoms with E-state index in [0.717, 1.165) is 12.0 Å². The molecular formula is C27H25Cl2NO5. The summed E-state index contributed by atoms with van der Waals surface area (Å²) in [5, 5.41) is 3.79. The van der Waals surface area contributed by atoms with E-state index in [1.54, 1.807) is 66.7 Å². The molecule has 0 saturated heterocycles. The number of rotatable bonds is 10. The van der Waals surface area contributed by atoms with Gasteiger partial charge >= 0.3 is 5.97 Å². The van der Waals surface area contributed by atoms with Gasteiger partial charge in [0.15, 0.2) is 11.5 Å². The van der Waals surface area contributed by atoms with Gasteiger partial charge in [-0.15, -0.1) is 0 Å². The van der Waals surface area contributed by atoms with Crippen LogP contribution in [0.3, 0.4) is 0 Å². The summed E-state index contributed by atoms with van der Waals surface area (Å²) in [6, 6.07) is 17.1. The number of benzene rings is 3. The molecule has 0 aliphatic carbocycles. The number of carbonyl (C=O) groups is 2. The first kappa shape index (κ1) is 26.1. The third-order valence-electron chi connectivity index (χ3n) is 4.87. The number of halogens is 2. The van der Waals surface area contributed by atoms with Gasteiger partial charge in [0, 0.05) is 27.4 Å². The highest BCUT2D eigenvalue weighted by Crippen LogP contribution is 2.31. The van der Waals surface area contributed by atoms with E-state index < -0.39 is 0 Å². The molecule has 0 unspecified atom stereocenters. The van der Waals surface area contributed by atoms with Gasteiger partial charge in [-0.1, -0.05) is 42.3 Å². The molecule has 0 bridgehead atoms. The van der Waals surface area contributed by atoms with Gasteiger partial charge in [-0.2, -0.15) is 0 Å². The summed E-state index contributed by atoms with van der Waals surface area (Å²) >= 11 is 12.4. The van der Waals surface area contributed by atoms with Crippen molar-refractivity contribution in [1.29, 1.82) is 0 Å². The number of esters is 1. The highest BCUT2D eigenvalue weighted by molar-refractivity contribution is 6.35. The summed E-state index contributed by atoms with van der Waals surface area (Å²) in [4.78, 5) is 24.2. The van der Waals surface area contributed by atoms with Crippen LogP contribution in [-0.4, -0.2) is 25.6 Å². The lowest BCUT2D eigenvalue weighted by Gasteiger charge is -2.13. The van der Waals surface area contributed by atoms with Crippen LogP contribution >= 0.6 is 23.2 Å². The minimum atomic E-state index is -0.388. The van der Waals surface area contributed by atoms with Gasteiger partial charge in [-0.05, 0) is 66.6 Å². The second-order valence-corrected chi connectivity index (χ2v) is 8.25. The first-order valence-electron chi connectivity index (χ1n) is 10.9. The molecule has 0 spiro atoms. The quantitative estimate of drug-likeness (QED) is 0.238. The molecule has 6 nitrogen and oxygen atoms in total. The van der Waals surface area contributed by atoms with Crippen molar-refractivity contribution in [3.8, 4) is 11.5 Å². The average Bonchev–Trinajstić information content (AvgIpc) is 2.86. The van der Waals surface area contributed by atoms with Crippen LogP contribution in [0.4, 0.5) is 5.69 Å². The number of hydrogen-bond donors (Lipinski definition) is 1. The van der Waals surface area contributed by atoms with Crippen LogP contribution in [0.15, 0.2) is 66.7 Å². The van der Waals surface area contributed by atoms with Crippen LogP contribution in [0.5, 0.6) is 11.5 Å².